The molecule has 0 fully saturated rings. The highest BCUT2D eigenvalue weighted by Gasteiger charge is 2.44. The van der Waals surface area contributed by atoms with Gasteiger partial charge in [-0.25, -0.2) is 0 Å². The number of hydrogen-bond acceptors (Lipinski definition) is 1. The van der Waals surface area contributed by atoms with Gasteiger partial charge in [-0.2, -0.15) is 0 Å². The maximum absolute atomic E-state index is 7.02. The fourth-order valence-electron chi connectivity index (χ4n) is 3.71. The zero-order chi connectivity index (χ0) is 20.3. The SMILES string of the molecule is Cc1ccc([Si](Oc2ccccc2)(c2ccc(C)cc2)c2ccc(C)cc2)cc1. The highest BCUT2D eigenvalue weighted by atomic mass is 28.4. The predicted molar refractivity (Wildman–Crippen MR) is 125 cm³/mol. The van der Waals surface area contributed by atoms with Crippen molar-refractivity contribution in [3.63, 3.8) is 0 Å². The molecule has 144 valence electrons. The average molecular weight is 395 g/mol. The molecular weight excluding hydrogens is 368 g/mol. The summed E-state index contributed by atoms with van der Waals surface area (Å²) >= 11 is 0. The maximum atomic E-state index is 7.02. The molecule has 29 heavy (non-hydrogen) atoms. The molecule has 0 heterocycles. The van der Waals surface area contributed by atoms with E-state index in [2.05, 4.69) is 106 Å². The fourth-order valence-corrected chi connectivity index (χ4v) is 7.46. The molecule has 0 spiro atoms. The van der Waals surface area contributed by atoms with Crippen LogP contribution in [0.25, 0.3) is 0 Å². The van der Waals surface area contributed by atoms with E-state index in [9.17, 15) is 0 Å². The highest BCUT2D eigenvalue weighted by molar-refractivity contribution is 7.07. The second kappa shape index (κ2) is 8.10. The molecule has 0 atom stereocenters. The Balaban J connectivity index is 2.01. The molecule has 1 nitrogen and oxygen atoms in total. The lowest BCUT2D eigenvalue weighted by molar-refractivity contribution is 0.577. The number of para-hydroxylation sites is 1. The number of aryl methyl sites for hydroxylation is 3. The number of benzene rings is 4. The van der Waals surface area contributed by atoms with Crippen LogP contribution in [-0.4, -0.2) is 8.32 Å². The highest BCUT2D eigenvalue weighted by Crippen LogP contribution is 2.18. The van der Waals surface area contributed by atoms with Crippen LogP contribution in [0.5, 0.6) is 5.75 Å². The van der Waals surface area contributed by atoms with Crippen molar-refractivity contribution in [1.29, 1.82) is 0 Å². The molecule has 0 aliphatic rings. The van der Waals surface area contributed by atoms with E-state index < -0.39 is 8.32 Å². The Morgan fingerprint density at radius 2 is 0.793 bits per heavy atom. The summed E-state index contributed by atoms with van der Waals surface area (Å²) in [6, 6.07) is 36.8. The Labute approximate surface area is 174 Å². The lowest BCUT2D eigenvalue weighted by Gasteiger charge is -2.33. The second-order valence-corrected chi connectivity index (χ2v) is 11.0. The van der Waals surface area contributed by atoms with Crippen LogP contribution < -0.4 is 20.0 Å². The first kappa shape index (κ1) is 19.2. The average Bonchev–Trinajstić information content (AvgIpc) is 2.75. The first-order chi connectivity index (χ1) is 14.1. The lowest BCUT2D eigenvalue weighted by Crippen LogP contribution is -2.71. The predicted octanol–water partition coefficient (Wildman–Crippen LogP) is 4.66. The summed E-state index contributed by atoms with van der Waals surface area (Å²) in [5, 5.41) is 3.75. The van der Waals surface area contributed by atoms with E-state index in [4.69, 9.17) is 4.43 Å². The molecule has 0 unspecified atom stereocenters. The molecule has 0 radical (unpaired) electrons. The summed E-state index contributed by atoms with van der Waals surface area (Å²) in [4.78, 5) is 0. The van der Waals surface area contributed by atoms with Crippen LogP contribution in [0.15, 0.2) is 103 Å². The summed E-state index contributed by atoms with van der Waals surface area (Å²) < 4.78 is 7.02. The first-order valence-corrected chi connectivity index (χ1v) is 11.9. The minimum Gasteiger partial charge on any atom is -0.530 e. The van der Waals surface area contributed by atoms with E-state index in [0.29, 0.717) is 0 Å². The van der Waals surface area contributed by atoms with Crippen molar-refractivity contribution in [3.05, 3.63) is 120 Å². The summed E-state index contributed by atoms with van der Waals surface area (Å²) in [5.41, 5.74) is 3.76. The fraction of sp³-hybridized carbons (Fsp3) is 0.111. The van der Waals surface area contributed by atoms with Crippen LogP contribution in [0.4, 0.5) is 0 Å². The van der Waals surface area contributed by atoms with Crippen LogP contribution in [-0.2, 0) is 0 Å². The van der Waals surface area contributed by atoms with Crippen molar-refractivity contribution >= 4 is 23.9 Å². The van der Waals surface area contributed by atoms with Gasteiger partial charge < -0.3 is 4.43 Å². The molecule has 0 amide bonds. The third-order valence-corrected chi connectivity index (χ3v) is 9.37. The van der Waals surface area contributed by atoms with Crippen LogP contribution in [0.1, 0.15) is 16.7 Å². The molecule has 0 aromatic heterocycles. The molecule has 4 aromatic rings. The van der Waals surface area contributed by atoms with Gasteiger partial charge >= 0.3 is 8.32 Å². The zero-order valence-corrected chi connectivity index (χ0v) is 18.2. The Morgan fingerprint density at radius 3 is 1.14 bits per heavy atom. The third-order valence-electron chi connectivity index (χ3n) is 5.39. The van der Waals surface area contributed by atoms with Crippen LogP contribution in [0.3, 0.4) is 0 Å². The van der Waals surface area contributed by atoms with Gasteiger partial charge in [0.25, 0.3) is 0 Å². The van der Waals surface area contributed by atoms with Crippen molar-refractivity contribution in [1.82, 2.24) is 0 Å². The van der Waals surface area contributed by atoms with Gasteiger partial charge in [-0.1, -0.05) is 108 Å². The van der Waals surface area contributed by atoms with Gasteiger partial charge in [-0.3, -0.25) is 0 Å². The van der Waals surface area contributed by atoms with Gasteiger partial charge in [0.15, 0.2) is 0 Å². The molecule has 0 bridgehead atoms. The van der Waals surface area contributed by atoms with E-state index in [1.165, 1.54) is 32.3 Å². The zero-order valence-electron chi connectivity index (χ0n) is 17.2. The monoisotopic (exact) mass is 394 g/mol. The Bertz CT molecular complexity index is 955. The van der Waals surface area contributed by atoms with Crippen molar-refractivity contribution in [3.8, 4) is 5.75 Å². The smallest absolute Gasteiger partial charge is 0.346 e. The number of rotatable bonds is 5. The molecule has 2 heteroatoms. The van der Waals surface area contributed by atoms with E-state index in [0.717, 1.165) is 5.75 Å². The van der Waals surface area contributed by atoms with Gasteiger partial charge in [0, 0.05) is 0 Å². The summed E-state index contributed by atoms with van der Waals surface area (Å²) in [7, 11) is -2.73. The molecule has 0 aliphatic heterocycles. The minimum atomic E-state index is -2.73. The lowest BCUT2D eigenvalue weighted by atomic mass is 10.2. The van der Waals surface area contributed by atoms with Crippen molar-refractivity contribution in [2.45, 2.75) is 20.8 Å². The third kappa shape index (κ3) is 3.89. The summed E-state index contributed by atoms with van der Waals surface area (Å²) in [5.74, 6) is 0.904. The van der Waals surface area contributed by atoms with E-state index in [1.807, 2.05) is 18.2 Å². The number of hydrogen-bond donors (Lipinski definition) is 0. The molecule has 0 N–H and O–H groups in total. The van der Waals surface area contributed by atoms with Crippen LogP contribution in [0.2, 0.25) is 0 Å². The standard InChI is InChI=1S/C27H26OSi/c1-21-9-15-25(16-10-21)29(26-17-11-22(2)12-18-26,27-19-13-23(3)14-20-27)28-24-7-5-4-6-8-24/h4-20H,1-3H3. The van der Waals surface area contributed by atoms with Gasteiger partial charge in [-0.15, -0.1) is 0 Å². The summed E-state index contributed by atoms with van der Waals surface area (Å²) in [6.07, 6.45) is 0. The van der Waals surface area contributed by atoms with Gasteiger partial charge in [-0.05, 0) is 48.5 Å². The second-order valence-electron chi connectivity index (χ2n) is 7.69. The maximum Gasteiger partial charge on any atom is 0.346 e. The molecule has 0 saturated heterocycles. The van der Waals surface area contributed by atoms with Gasteiger partial charge in [0.1, 0.15) is 5.75 Å². The van der Waals surface area contributed by atoms with Crippen molar-refractivity contribution in [2.75, 3.05) is 0 Å². The normalized spacial score (nSPS) is 11.3. The quantitative estimate of drug-likeness (QED) is 0.353. The van der Waals surface area contributed by atoms with E-state index in [-0.39, 0.29) is 0 Å². The van der Waals surface area contributed by atoms with Crippen LogP contribution >= 0.6 is 0 Å². The Kier molecular flexibility index (Phi) is 5.37. The molecular formula is C27H26OSi. The topological polar surface area (TPSA) is 9.23 Å². The van der Waals surface area contributed by atoms with Crippen LogP contribution in [0, 0.1) is 20.8 Å². The van der Waals surface area contributed by atoms with E-state index >= 15 is 0 Å². The van der Waals surface area contributed by atoms with Crippen molar-refractivity contribution in [2.24, 2.45) is 0 Å². The van der Waals surface area contributed by atoms with Gasteiger partial charge in [0.05, 0.1) is 0 Å². The Morgan fingerprint density at radius 1 is 0.448 bits per heavy atom. The molecule has 4 aromatic carbocycles. The van der Waals surface area contributed by atoms with E-state index in [1.54, 1.807) is 0 Å². The minimum absolute atomic E-state index is 0.904. The molecule has 0 aliphatic carbocycles. The molecule has 0 saturated carbocycles. The summed E-state index contributed by atoms with van der Waals surface area (Å²) in [6.45, 7) is 6.38. The van der Waals surface area contributed by atoms with Crippen molar-refractivity contribution < 1.29 is 4.43 Å². The largest absolute Gasteiger partial charge is 0.530 e. The first-order valence-electron chi connectivity index (χ1n) is 10.0. The Hall–Kier alpha value is -3.10. The van der Waals surface area contributed by atoms with Gasteiger partial charge in [0.2, 0.25) is 0 Å². The molecule has 4 rings (SSSR count).